The first kappa shape index (κ1) is 15.1. The van der Waals surface area contributed by atoms with Crippen molar-refractivity contribution in [1.29, 1.82) is 0 Å². The fourth-order valence-corrected chi connectivity index (χ4v) is 2.98. The van der Waals surface area contributed by atoms with Gasteiger partial charge in [-0.1, -0.05) is 0 Å². The first-order chi connectivity index (χ1) is 9.46. The zero-order chi connectivity index (χ0) is 14.8. The highest BCUT2D eigenvalue weighted by molar-refractivity contribution is 5.79. The molecule has 0 saturated carbocycles. The molecule has 6 nitrogen and oxygen atoms in total. The van der Waals surface area contributed by atoms with Gasteiger partial charge in [0.2, 0.25) is 0 Å². The van der Waals surface area contributed by atoms with E-state index < -0.39 is 11.4 Å². The van der Waals surface area contributed by atoms with E-state index >= 15 is 0 Å². The molecule has 2 amide bonds. The summed E-state index contributed by atoms with van der Waals surface area (Å²) < 4.78 is 5.60. The van der Waals surface area contributed by atoms with Crippen LogP contribution in [-0.4, -0.2) is 65.8 Å². The topological polar surface area (TPSA) is 70.1 Å². The van der Waals surface area contributed by atoms with Gasteiger partial charge in [0.1, 0.15) is 0 Å². The van der Waals surface area contributed by atoms with Crippen molar-refractivity contribution in [2.45, 2.75) is 39.2 Å². The number of piperidine rings is 1. The first-order valence-electron chi connectivity index (χ1n) is 7.35. The molecule has 6 heteroatoms. The fraction of sp³-hybridized carbons (Fsp3) is 0.857. The van der Waals surface area contributed by atoms with Crippen molar-refractivity contribution in [1.82, 2.24) is 9.80 Å². The molecule has 0 aliphatic carbocycles. The van der Waals surface area contributed by atoms with Crippen molar-refractivity contribution in [2.75, 3.05) is 32.8 Å². The fourth-order valence-electron chi connectivity index (χ4n) is 2.98. The zero-order valence-corrected chi connectivity index (χ0v) is 12.3. The van der Waals surface area contributed by atoms with Gasteiger partial charge in [-0.2, -0.15) is 0 Å². The van der Waals surface area contributed by atoms with Crippen LogP contribution in [-0.2, 0) is 9.53 Å². The van der Waals surface area contributed by atoms with Gasteiger partial charge >= 0.3 is 12.0 Å². The molecule has 0 bridgehead atoms. The summed E-state index contributed by atoms with van der Waals surface area (Å²) in [6, 6.07) is -0.0422. The van der Waals surface area contributed by atoms with Gasteiger partial charge in [0.05, 0.1) is 11.5 Å². The lowest BCUT2D eigenvalue weighted by molar-refractivity contribution is -0.147. The summed E-state index contributed by atoms with van der Waals surface area (Å²) in [6.07, 6.45) is 2.58. The van der Waals surface area contributed by atoms with E-state index in [1.54, 1.807) is 16.7 Å². The molecule has 2 aliphatic heterocycles. The number of carboxylic acid groups (broad SMARTS) is 1. The quantitative estimate of drug-likeness (QED) is 0.850. The second-order valence-corrected chi connectivity index (χ2v) is 5.99. The average Bonchev–Trinajstić information content (AvgIpc) is 2.83. The van der Waals surface area contributed by atoms with Crippen LogP contribution in [0.25, 0.3) is 0 Å². The van der Waals surface area contributed by atoms with E-state index in [4.69, 9.17) is 4.74 Å². The van der Waals surface area contributed by atoms with Gasteiger partial charge in [0, 0.05) is 32.8 Å². The molecule has 0 aromatic heterocycles. The van der Waals surface area contributed by atoms with Gasteiger partial charge in [-0.15, -0.1) is 0 Å². The number of likely N-dealkylation sites (tertiary alicyclic amines) is 2. The van der Waals surface area contributed by atoms with Crippen LogP contribution in [0.3, 0.4) is 0 Å². The largest absolute Gasteiger partial charge is 0.481 e. The maximum absolute atomic E-state index is 12.5. The molecule has 114 valence electrons. The van der Waals surface area contributed by atoms with Crippen LogP contribution in [0, 0.1) is 5.41 Å². The number of amides is 2. The summed E-state index contributed by atoms with van der Waals surface area (Å²) >= 11 is 0. The number of carboxylic acids is 1. The van der Waals surface area contributed by atoms with Gasteiger partial charge in [-0.05, 0) is 33.1 Å². The lowest BCUT2D eigenvalue weighted by Crippen LogP contribution is -2.49. The number of carbonyl (C=O) groups is 2. The van der Waals surface area contributed by atoms with E-state index in [1.165, 1.54) is 0 Å². The van der Waals surface area contributed by atoms with Crippen LogP contribution in [0.4, 0.5) is 4.79 Å². The monoisotopic (exact) mass is 284 g/mol. The minimum Gasteiger partial charge on any atom is -0.481 e. The van der Waals surface area contributed by atoms with Crippen molar-refractivity contribution in [3.8, 4) is 0 Å². The molecule has 1 N–H and O–H groups in total. The number of nitrogens with zero attached hydrogens (tertiary/aromatic N) is 2. The zero-order valence-electron chi connectivity index (χ0n) is 12.3. The highest BCUT2D eigenvalue weighted by Crippen LogP contribution is 2.31. The number of aliphatic carboxylic acids is 1. The number of hydrogen-bond donors (Lipinski definition) is 1. The molecule has 2 fully saturated rings. The Morgan fingerprint density at radius 2 is 2.10 bits per heavy atom. The minimum absolute atomic E-state index is 0.0422. The van der Waals surface area contributed by atoms with E-state index in [2.05, 4.69) is 0 Å². The van der Waals surface area contributed by atoms with Crippen molar-refractivity contribution in [2.24, 2.45) is 5.41 Å². The number of ether oxygens (including phenoxy) is 1. The number of hydrogen-bond acceptors (Lipinski definition) is 3. The van der Waals surface area contributed by atoms with Crippen molar-refractivity contribution in [3.63, 3.8) is 0 Å². The molecule has 2 saturated heterocycles. The van der Waals surface area contributed by atoms with Crippen LogP contribution in [0.2, 0.25) is 0 Å². The third-order valence-electron chi connectivity index (χ3n) is 4.31. The normalized spacial score (nSPS) is 30.6. The second kappa shape index (κ2) is 5.99. The van der Waals surface area contributed by atoms with Crippen molar-refractivity contribution < 1.29 is 19.4 Å². The van der Waals surface area contributed by atoms with Gasteiger partial charge in [-0.3, -0.25) is 4.79 Å². The Bertz CT molecular complexity index is 385. The summed E-state index contributed by atoms with van der Waals surface area (Å²) in [5.41, 5.74) is -0.801. The molecule has 2 rings (SSSR count). The van der Waals surface area contributed by atoms with Crippen LogP contribution in [0.15, 0.2) is 0 Å². The van der Waals surface area contributed by atoms with Gasteiger partial charge in [0.15, 0.2) is 0 Å². The Labute approximate surface area is 119 Å². The summed E-state index contributed by atoms with van der Waals surface area (Å²) in [6.45, 7) is 6.51. The SMILES string of the molecule is CCOC1CCCN(C(=O)N2CCC(C)(C(=O)O)C2)C1. The summed E-state index contributed by atoms with van der Waals surface area (Å²) in [5, 5.41) is 9.22. The standard InChI is InChI=1S/C14H24N2O4/c1-3-20-11-5-4-7-15(9-11)13(19)16-8-6-14(2,10-16)12(17)18/h11H,3-10H2,1-2H3,(H,17,18). The molecule has 20 heavy (non-hydrogen) atoms. The predicted molar refractivity (Wildman–Crippen MR) is 73.5 cm³/mol. The van der Waals surface area contributed by atoms with Gasteiger partial charge in [0.25, 0.3) is 0 Å². The molecule has 2 atom stereocenters. The maximum Gasteiger partial charge on any atom is 0.320 e. The lowest BCUT2D eigenvalue weighted by Gasteiger charge is -2.35. The van der Waals surface area contributed by atoms with Gasteiger partial charge < -0.3 is 19.6 Å². The van der Waals surface area contributed by atoms with Crippen LogP contribution in [0.1, 0.15) is 33.1 Å². The third kappa shape index (κ3) is 3.06. The Kier molecular flexibility index (Phi) is 4.52. The molecule has 0 spiro atoms. The molecule has 2 unspecified atom stereocenters. The average molecular weight is 284 g/mol. The lowest BCUT2D eigenvalue weighted by atomic mass is 9.90. The molecule has 2 heterocycles. The molecular formula is C14H24N2O4. The molecule has 2 aliphatic rings. The van der Waals surface area contributed by atoms with Crippen LogP contribution < -0.4 is 0 Å². The molecule has 0 radical (unpaired) electrons. The minimum atomic E-state index is -0.821. The summed E-state index contributed by atoms with van der Waals surface area (Å²) in [5.74, 6) is -0.821. The number of carbonyl (C=O) groups excluding carboxylic acids is 1. The summed E-state index contributed by atoms with van der Waals surface area (Å²) in [7, 11) is 0. The second-order valence-electron chi connectivity index (χ2n) is 5.99. The third-order valence-corrected chi connectivity index (χ3v) is 4.31. The van der Waals surface area contributed by atoms with Crippen molar-refractivity contribution >= 4 is 12.0 Å². The Balaban J connectivity index is 1.93. The summed E-state index contributed by atoms with van der Waals surface area (Å²) in [4.78, 5) is 27.2. The highest BCUT2D eigenvalue weighted by Gasteiger charge is 2.43. The number of urea groups is 1. The van der Waals surface area contributed by atoms with E-state index in [-0.39, 0.29) is 12.1 Å². The molecule has 0 aromatic rings. The molecule has 0 aromatic carbocycles. The Hall–Kier alpha value is -1.30. The Morgan fingerprint density at radius 1 is 1.35 bits per heavy atom. The van der Waals surface area contributed by atoms with Crippen LogP contribution >= 0.6 is 0 Å². The first-order valence-corrected chi connectivity index (χ1v) is 7.35. The van der Waals surface area contributed by atoms with Crippen LogP contribution in [0.5, 0.6) is 0 Å². The van der Waals surface area contributed by atoms with E-state index in [9.17, 15) is 14.7 Å². The Morgan fingerprint density at radius 3 is 2.70 bits per heavy atom. The maximum atomic E-state index is 12.5. The van der Waals surface area contributed by atoms with Gasteiger partial charge in [-0.25, -0.2) is 4.79 Å². The smallest absolute Gasteiger partial charge is 0.320 e. The van der Waals surface area contributed by atoms with E-state index in [0.29, 0.717) is 32.7 Å². The predicted octanol–water partition coefficient (Wildman–Crippen LogP) is 1.40. The van der Waals surface area contributed by atoms with E-state index in [1.807, 2.05) is 6.92 Å². The number of rotatable bonds is 3. The van der Waals surface area contributed by atoms with E-state index in [0.717, 1.165) is 19.4 Å². The molecular weight excluding hydrogens is 260 g/mol. The highest BCUT2D eigenvalue weighted by atomic mass is 16.5. The van der Waals surface area contributed by atoms with Crippen molar-refractivity contribution in [3.05, 3.63) is 0 Å².